The van der Waals surface area contributed by atoms with Crippen molar-refractivity contribution in [2.24, 2.45) is 0 Å². The number of piperazine rings is 1. The van der Waals surface area contributed by atoms with Crippen LogP contribution in [0.2, 0.25) is 10.0 Å². The number of benzene rings is 1. The van der Waals surface area contributed by atoms with Crippen LogP contribution in [0.1, 0.15) is 19.3 Å². The average molecular weight is 395 g/mol. The molecule has 0 unspecified atom stereocenters. The van der Waals surface area contributed by atoms with Gasteiger partial charge in [0.25, 0.3) is 0 Å². The Kier molecular flexibility index (Phi) is 7.78. The molecule has 0 bridgehead atoms. The molecular weight excluding hydrogens is 371 g/mol. The summed E-state index contributed by atoms with van der Waals surface area (Å²) in [6, 6.07) is 4.53. The first-order chi connectivity index (χ1) is 11.4. The van der Waals surface area contributed by atoms with Crippen molar-refractivity contribution in [3.8, 4) is 0 Å². The minimum Gasteiger partial charge on any atom is -0.385 e. The number of nitrogens with zero attached hydrogens (tertiary/aromatic N) is 2. The Morgan fingerprint density at radius 2 is 1.79 bits per heavy atom. The van der Waals surface area contributed by atoms with Crippen LogP contribution >= 0.6 is 23.2 Å². The largest absolute Gasteiger partial charge is 0.385 e. The van der Waals surface area contributed by atoms with Crippen LogP contribution < -0.4 is 0 Å². The molecule has 1 aliphatic rings. The standard InChI is InChI=1S/C16H24Cl2N2O3S/c1-23-12-4-2-3-7-19-8-10-20(11-9-19)24(21,22)16-13-14(17)5-6-15(16)18/h5-6,13H,2-4,7-12H2,1H3. The minimum atomic E-state index is -3.60. The van der Waals surface area contributed by atoms with E-state index in [-0.39, 0.29) is 9.92 Å². The predicted molar refractivity (Wildman–Crippen MR) is 97.4 cm³/mol. The fourth-order valence-corrected chi connectivity index (χ4v) is 4.93. The van der Waals surface area contributed by atoms with Gasteiger partial charge in [-0.1, -0.05) is 23.2 Å². The van der Waals surface area contributed by atoms with E-state index >= 15 is 0 Å². The second-order valence-electron chi connectivity index (χ2n) is 5.87. The molecule has 0 atom stereocenters. The van der Waals surface area contributed by atoms with E-state index in [2.05, 4.69) is 4.90 Å². The summed E-state index contributed by atoms with van der Waals surface area (Å²) in [6.45, 7) is 4.22. The van der Waals surface area contributed by atoms with Crippen LogP contribution in [0.15, 0.2) is 23.1 Å². The molecule has 1 aliphatic heterocycles. The Hall–Kier alpha value is -0.370. The van der Waals surface area contributed by atoms with E-state index in [1.165, 1.54) is 16.4 Å². The Bertz CT molecular complexity index is 632. The summed E-state index contributed by atoms with van der Waals surface area (Å²) in [6.07, 6.45) is 3.30. The number of hydrogen-bond acceptors (Lipinski definition) is 4. The van der Waals surface area contributed by atoms with E-state index in [1.54, 1.807) is 13.2 Å². The van der Waals surface area contributed by atoms with Crippen LogP contribution in [-0.2, 0) is 14.8 Å². The Balaban J connectivity index is 1.88. The van der Waals surface area contributed by atoms with Crippen molar-refractivity contribution < 1.29 is 13.2 Å². The summed E-state index contributed by atoms with van der Waals surface area (Å²) in [7, 11) is -1.88. The smallest absolute Gasteiger partial charge is 0.244 e. The topological polar surface area (TPSA) is 49.9 Å². The normalized spacial score (nSPS) is 17.3. The second kappa shape index (κ2) is 9.36. The third kappa shape index (κ3) is 5.31. The highest BCUT2D eigenvalue weighted by Gasteiger charge is 2.30. The van der Waals surface area contributed by atoms with Crippen LogP contribution in [0.25, 0.3) is 0 Å². The maximum Gasteiger partial charge on any atom is 0.244 e. The van der Waals surface area contributed by atoms with Crippen LogP contribution in [-0.4, -0.2) is 64.1 Å². The highest BCUT2D eigenvalue weighted by molar-refractivity contribution is 7.89. The van der Waals surface area contributed by atoms with Crippen molar-refractivity contribution in [2.45, 2.75) is 24.2 Å². The number of rotatable bonds is 8. The molecule has 136 valence electrons. The fraction of sp³-hybridized carbons (Fsp3) is 0.625. The number of halogens is 2. The lowest BCUT2D eigenvalue weighted by atomic mass is 10.2. The quantitative estimate of drug-likeness (QED) is 0.635. The molecule has 1 aromatic rings. The molecule has 1 aromatic carbocycles. The zero-order valence-electron chi connectivity index (χ0n) is 13.9. The molecule has 0 N–H and O–H groups in total. The summed E-state index contributed by atoms with van der Waals surface area (Å²) < 4.78 is 32.0. The van der Waals surface area contributed by atoms with Gasteiger partial charge in [-0.3, -0.25) is 0 Å². The lowest BCUT2D eigenvalue weighted by Crippen LogP contribution is -2.48. The lowest BCUT2D eigenvalue weighted by molar-refractivity contribution is 0.174. The SMILES string of the molecule is COCCCCCN1CCN(S(=O)(=O)c2cc(Cl)ccc2Cl)CC1. The van der Waals surface area contributed by atoms with E-state index in [4.69, 9.17) is 27.9 Å². The van der Waals surface area contributed by atoms with E-state index in [1.807, 2.05) is 0 Å². The van der Waals surface area contributed by atoms with E-state index in [0.717, 1.165) is 45.5 Å². The molecule has 8 heteroatoms. The zero-order chi connectivity index (χ0) is 17.6. The number of unbranched alkanes of at least 4 members (excludes halogenated alkanes) is 2. The molecule has 1 heterocycles. The lowest BCUT2D eigenvalue weighted by Gasteiger charge is -2.34. The fourth-order valence-electron chi connectivity index (χ4n) is 2.77. The van der Waals surface area contributed by atoms with Gasteiger partial charge in [0.05, 0.1) is 5.02 Å². The van der Waals surface area contributed by atoms with Gasteiger partial charge in [0.1, 0.15) is 4.90 Å². The van der Waals surface area contributed by atoms with Gasteiger partial charge in [-0.15, -0.1) is 0 Å². The molecule has 0 radical (unpaired) electrons. The first kappa shape index (κ1) is 19.9. The van der Waals surface area contributed by atoms with Gasteiger partial charge in [-0.25, -0.2) is 8.42 Å². The van der Waals surface area contributed by atoms with Gasteiger partial charge in [-0.2, -0.15) is 4.31 Å². The predicted octanol–water partition coefficient (Wildman–Crippen LogP) is 3.12. The van der Waals surface area contributed by atoms with Crippen molar-refractivity contribution in [3.63, 3.8) is 0 Å². The number of hydrogen-bond donors (Lipinski definition) is 0. The Labute approximate surface area is 154 Å². The summed E-state index contributed by atoms with van der Waals surface area (Å²) in [5, 5.41) is 0.577. The summed E-state index contributed by atoms with van der Waals surface area (Å²) in [5.74, 6) is 0. The maximum atomic E-state index is 12.7. The number of ether oxygens (including phenoxy) is 1. The monoisotopic (exact) mass is 394 g/mol. The second-order valence-corrected chi connectivity index (χ2v) is 8.62. The average Bonchev–Trinajstić information content (AvgIpc) is 2.57. The Morgan fingerprint density at radius 1 is 1.08 bits per heavy atom. The molecule has 0 spiro atoms. The van der Waals surface area contributed by atoms with Crippen molar-refractivity contribution in [3.05, 3.63) is 28.2 Å². The first-order valence-electron chi connectivity index (χ1n) is 8.11. The van der Waals surface area contributed by atoms with E-state index in [0.29, 0.717) is 18.1 Å². The first-order valence-corrected chi connectivity index (χ1v) is 10.3. The van der Waals surface area contributed by atoms with Crippen molar-refractivity contribution in [1.29, 1.82) is 0 Å². The van der Waals surface area contributed by atoms with Crippen molar-refractivity contribution in [1.82, 2.24) is 9.21 Å². The zero-order valence-corrected chi connectivity index (χ0v) is 16.2. The van der Waals surface area contributed by atoms with Gasteiger partial charge >= 0.3 is 0 Å². The number of methoxy groups -OCH3 is 1. The van der Waals surface area contributed by atoms with Gasteiger partial charge in [0.2, 0.25) is 10.0 Å². The van der Waals surface area contributed by atoms with Crippen LogP contribution in [0.5, 0.6) is 0 Å². The van der Waals surface area contributed by atoms with E-state index in [9.17, 15) is 8.42 Å². The van der Waals surface area contributed by atoms with Crippen molar-refractivity contribution in [2.75, 3.05) is 46.4 Å². The van der Waals surface area contributed by atoms with Crippen molar-refractivity contribution >= 4 is 33.2 Å². The van der Waals surface area contributed by atoms with Gasteiger partial charge in [0.15, 0.2) is 0 Å². The van der Waals surface area contributed by atoms with Gasteiger partial charge in [-0.05, 0) is 44.0 Å². The minimum absolute atomic E-state index is 0.0877. The number of sulfonamides is 1. The third-order valence-corrected chi connectivity index (χ3v) is 6.78. The third-order valence-electron chi connectivity index (χ3n) is 4.17. The molecular formula is C16H24Cl2N2O3S. The molecule has 0 aliphatic carbocycles. The van der Waals surface area contributed by atoms with Crippen LogP contribution in [0, 0.1) is 0 Å². The molecule has 24 heavy (non-hydrogen) atoms. The maximum absolute atomic E-state index is 12.7. The summed E-state index contributed by atoms with van der Waals surface area (Å²) >= 11 is 12.0. The van der Waals surface area contributed by atoms with Crippen LogP contribution in [0.3, 0.4) is 0 Å². The molecule has 1 fully saturated rings. The Morgan fingerprint density at radius 3 is 2.46 bits per heavy atom. The highest BCUT2D eigenvalue weighted by atomic mass is 35.5. The van der Waals surface area contributed by atoms with E-state index < -0.39 is 10.0 Å². The summed E-state index contributed by atoms with van der Waals surface area (Å²) in [4.78, 5) is 2.39. The van der Waals surface area contributed by atoms with Crippen LogP contribution in [0.4, 0.5) is 0 Å². The van der Waals surface area contributed by atoms with Gasteiger partial charge in [0, 0.05) is 44.9 Å². The molecule has 1 saturated heterocycles. The molecule has 2 rings (SSSR count). The molecule has 0 saturated carbocycles. The molecule has 0 aromatic heterocycles. The molecule has 5 nitrogen and oxygen atoms in total. The highest BCUT2D eigenvalue weighted by Crippen LogP contribution is 2.28. The summed E-state index contributed by atoms with van der Waals surface area (Å²) in [5.41, 5.74) is 0. The van der Waals surface area contributed by atoms with Gasteiger partial charge < -0.3 is 9.64 Å². The molecule has 0 amide bonds.